The van der Waals surface area contributed by atoms with E-state index in [1.54, 1.807) is 20.0 Å². The van der Waals surface area contributed by atoms with Crippen LogP contribution in [0.5, 0.6) is 0 Å². The second kappa shape index (κ2) is 6.52. The molecule has 1 aromatic heterocycles. The highest BCUT2D eigenvalue weighted by atomic mass is 19.1. The van der Waals surface area contributed by atoms with Gasteiger partial charge in [0.05, 0.1) is 0 Å². The summed E-state index contributed by atoms with van der Waals surface area (Å²) in [5.74, 6) is 1.27. The SMILES string of the molecule is CCNc1ncc(C)c(NCc2cc(C)c(F)c(C)c2)n1. The predicted octanol–water partition coefficient (Wildman–Crippen LogP) is 3.58. The molecule has 0 amide bonds. The summed E-state index contributed by atoms with van der Waals surface area (Å²) in [4.78, 5) is 8.64. The summed E-state index contributed by atoms with van der Waals surface area (Å²) in [5, 5.41) is 6.38. The van der Waals surface area contributed by atoms with Crippen LogP contribution in [0, 0.1) is 26.6 Å². The average Bonchev–Trinajstić information content (AvgIpc) is 2.45. The van der Waals surface area contributed by atoms with E-state index in [2.05, 4.69) is 20.6 Å². The third-order valence-corrected chi connectivity index (χ3v) is 3.26. The molecule has 1 aromatic carbocycles. The van der Waals surface area contributed by atoms with Crippen LogP contribution in [-0.4, -0.2) is 16.5 Å². The van der Waals surface area contributed by atoms with E-state index in [-0.39, 0.29) is 5.82 Å². The smallest absolute Gasteiger partial charge is 0.224 e. The maximum atomic E-state index is 13.6. The number of anilines is 2. The number of nitrogens with one attached hydrogen (secondary N) is 2. The zero-order valence-electron chi connectivity index (χ0n) is 12.9. The second-order valence-electron chi connectivity index (χ2n) is 5.15. The van der Waals surface area contributed by atoms with Gasteiger partial charge in [-0.1, -0.05) is 12.1 Å². The van der Waals surface area contributed by atoms with Crippen molar-refractivity contribution in [2.24, 2.45) is 0 Å². The number of nitrogens with zero attached hydrogens (tertiary/aromatic N) is 2. The van der Waals surface area contributed by atoms with Gasteiger partial charge in [-0.2, -0.15) is 4.98 Å². The Hall–Kier alpha value is -2.17. The van der Waals surface area contributed by atoms with Crippen molar-refractivity contribution in [2.45, 2.75) is 34.2 Å². The maximum absolute atomic E-state index is 13.6. The fourth-order valence-corrected chi connectivity index (χ4v) is 2.19. The van der Waals surface area contributed by atoms with E-state index < -0.39 is 0 Å². The molecule has 0 saturated heterocycles. The highest BCUT2D eigenvalue weighted by molar-refractivity contribution is 5.47. The van der Waals surface area contributed by atoms with Gasteiger partial charge in [-0.3, -0.25) is 0 Å². The lowest BCUT2D eigenvalue weighted by atomic mass is 10.1. The molecular formula is C16H21FN4. The molecule has 2 N–H and O–H groups in total. The summed E-state index contributed by atoms with van der Waals surface area (Å²) in [6.45, 7) is 8.90. The van der Waals surface area contributed by atoms with Gasteiger partial charge in [-0.15, -0.1) is 0 Å². The van der Waals surface area contributed by atoms with Crippen molar-refractivity contribution in [1.82, 2.24) is 9.97 Å². The van der Waals surface area contributed by atoms with E-state index in [0.717, 1.165) is 23.5 Å². The Labute approximate surface area is 124 Å². The molecule has 2 aromatic rings. The lowest BCUT2D eigenvalue weighted by Gasteiger charge is -2.12. The molecule has 112 valence electrons. The van der Waals surface area contributed by atoms with Gasteiger partial charge in [0.15, 0.2) is 0 Å². The Morgan fingerprint density at radius 1 is 1.05 bits per heavy atom. The molecule has 0 saturated carbocycles. The largest absolute Gasteiger partial charge is 0.366 e. The first kappa shape index (κ1) is 15.2. The summed E-state index contributed by atoms with van der Waals surface area (Å²) in [7, 11) is 0. The monoisotopic (exact) mass is 288 g/mol. The number of aromatic nitrogens is 2. The summed E-state index contributed by atoms with van der Waals surface area (Å²) in [5.41, 5.74) is 3.35. The molecule has 0 fully saturated rings. The van der Waals surface area contributed by atoms with Gasteiger partial charge in [0.1, 0.15) is 11.6 Å². The summed E-state index contributed by atoms with van der Waals surface area (Å²) in [6, 6.07) is 3.72. The quantitative estimate of drug-likeness (QED) is 0.883. The minimum atomic E-state index is -0.133. The highest BCUT2D eigenvalue weighted by Crippen LogP contribution is 2.17. The van der Waals surface area contributed by atoms with Crippen molar-refractivity contribution in [3.05, 3.63) is 46.4 Å². The first-order valence-electron chi connectivity index (χ1n) is 7.08. The van der Waals surface area contributed by atoms with Crippen LogP contribution < -0.4 is 10.6 Å². The minimum absolute atomic E-state index is 0.133. The Morgan fingerprint density at radius 3 is 2.33 bits per heavy atom. The fraction of sp³-hybridized carbons (Fsp3) is 0.375. The summed E-state index contributed by atoms with van der Waals surface area (Å²) >= 11 is 0. The number of hydrogen-bond donors (Lipinski definition) is 2. The van der Waals surface area contributed by atoms with Gasteiger partial charge < -0.3 is 10.6 Å². The third kappa shape index (κ3) is 3.68. The first-order chi connectivity index (χ1) is 10.0. The molecule has 0 bridgehead atoms. The predicted molar refractivity (Wildman–Crippen MR) is 84.1 cm³/mol. The van der Waals surface area contributed by atoms with Gasteiger partial charge in [0.25, 0.3) is 0 Å². The standard InChI is InChI=1S/C16H21FN4/c1-5-18-16-20-8-12(4)15(21-16)19-9-13-6-10(2)14(17)11(3)7-13/h6-8H,5,9H2,1-4H3,(H2,18,19,20,21). The Morgan fingerprint density at radius 2 is 1.71 bits per heavy atom. The van der Waals surface area contributed by atoms with Gasteiger partial charge in [-0.25, -0.2) is 9.37 Å². The van der Waals surface area contributed by atoms with Crippen molar-refractivity contribution in [3.63, 3.8) is 0 Å². The Balaban J connectivity index is 2.14. The van der Waals surface area contributed by atoms with Crippen LogP contribution in [0.25, 0.3) is 0 Å². The van der Waals surface area contributed by atoms with Crippen molar-refractivity contribution in [2.75, 3.05) is 17.2 Å². The molecule has 0 aliphatic carbocycles. The van der Waals surface area contributed by atoms with E-state index in [0.29, 0.717) is 23.6 Å². The molecule has 4 nitrogen and oxygen atoms in total. The van der Waals surface area contributed by atoms with Crippen LogP contribution >= 0.6 is 0 Å². The molecule has 0 atom stereocenters. The van der Waals surface area contributed by atoms with Crippen LogP contribution in [0.2, 0.25) is 0 Å². The molecule has 1 heterocycles. The molecule has 0 unspecified atom stereocenters. The number of aryl methyl sites for hydroxylation is 3. The molecule has 0 spiro atoms. The van der Waals surface area contributed by atoms with Gasteiger partial charge >= 0.3 is 0 Å². The molecule has 0 radical (unpaired) electrons. The molecule has 21 heavy (non-hydrogen) atoms. The van der Waals surface area contributed by atoms with Crippen LogP contribution in [0.1, 0.15) is 29.2 Å². The maximum Gasteiger partial charge on any atom is 0.224 e. The first-order valence-corrected chi connectivity index (χ1v) is 7.08. The van der Waals surface area contributed by atoms with Crippen LogP contribution in [-0.2, 0) is 6.54 Å². The fourth-order valence-electron chi connectivity index (χ4n) is 2.19. The average molecular weight is 288 g/mol. The van der Waals surface area contributed by atoms with Crippen LogP contribution in [0.3, 0.4) is 0 Å². The number of rotatable bonds is 5. The van der Waals surface area contributed by atoms with Crippen molar-refractivity contribution >= 4 is 11.8 Å². The highest BCUT2D eigenvalue weighted by Gasteiger charge is 2.06. The summed E-state index contributed by atoms with van der Waals surface area (Å²) < 4.78 is 13.6. The lowest BCUT2D eigenvalue weighted by molar-refractivity contribution is 0.608. The van der Waals surface area contributed by atoms with Gasteiger partial charge in [0, 0.05) is 24.8 Å². The van der Waals surface area contributed by atoms with Crippen LogP contribution in [0.15, 0.2) is 18.3 Å². The van der Waals surface area contributed by atoms with E-state index >= 15 is 0 Å². The number of hydrogen-bond acceptors (Lipinski definition) is 4. The third-order valence-electron chi connectivity index (χ3n) is 3.26. The van der Waals surface area contributed by atoms with Crippen molar-refractivity contribution in [3.8, 4) is 0 Å². The molecule has 5 heteroatoms. The molecular weight excluding hydrogens is 267 g/mol. The van der Waals surface area contributed by atoms with Crippen molar-refractivity contribution in [1.29, 1.82) is 0 Å². The Kier molecular flexibility index (Phi) is 4.73. The van der Waals surface area contributed by atoms with E-state index in [1.807, 2.05) is 26.0 Å². The zero-order valence-corrected chi connectivity index (χ0v) is 12.9. The molecule has 2 rings (SSSR count). The second-order valence-corrected chi connectivity index (χ2v) is 5.15. The summed E-state index contributed by atoms with van der Waals surface area (Å²) in [6.07, 6.45) is 1.79. The van der Waals surface area contributed by atoms with E-state index in [9.17, 15) is 4.39 Å². The lowest BCUT2D eigenvalue weighted by Crippen LogP contribution is -2.08. The van der Waals surface area contributed by atoms with Gasteiger partial charge in [-0.05, 0) is 44.4 Å². The molecule has 0 aliphatic heterocycles. The molecule has 0 aliphatic rings. The van der Waals surface area contributed by atoms with E-state index in [1.165, 1.54) is 0 Å². The topological polar surface area (TPSA) is 49.8 Å². The van der Waals surface area contributed by atoms with Crippen molar-refractivity contribution < 1.29 is 4.39 Å². The minimum Gasteiger partial charge on any atom is -0.366 e. The van der Waals surface area contributed by atoms with Gasteiger partial charge in [0.2, 0.25) is 5.95 Å². The number of benzene rings is 1. The van der Waals surface area contributed by atoms with Crippen LogP contribution in [0.4, 0.5) is 16.2 Å². The zero-order chi connectivity index (χ0) is 15.4. The normalized spacial score (nSPS) is 10.5. The Bertz CT molecular complexity index is 617. The van der Waals surface area contributed by atoms with E-state index in [4.69, 9.17) is 0 Å². The number of halogens is 1.